The van der Waals surface area contributed by atoms with E-state index in [1.54, 1.807) is 18.2 Å². The second-order valence-electron chi connectivity index (χ2n) is 7.24. The van der Waals surface area contributed by atoms with Crippen LogP contribution in [0.2, 0.25) is 0 Å². The van der Waals surface area contributed by atoms with Crippen LogP contribution in [0.5, 0.6) is 5.75 Å². The summed E-state index contributed by atoms with van der Waals surface area (Å²) in [6, 6.07) is 12.6. The lowest BCUT2D eigenvalue weighted by molar-refractivity contribution is 0.210. The molecule has 8 nitrogen and oxygen atoms in total. The highest BCUT2D eigenvalue weighted by Gasteiger charge is 2.27. The number of hydrogen-bond donors (Lipinski definition) is 4. The Morgan fingerprint density at radius 1 is 1.20 bits per heavy atom. The van der Waals surface area contributed by atoms with Crippen LogP contribution in [-0.2, 0) is 6.54 Å². The van der Waals surface area contributed by atoms with Crippen LogP contribution in [0.15, 0.2) is 47.4 Å². The van der Waals surface area contributed by atoms with Gasteiger partial charge in [-0.3, -0.25) is 14.4 Å². The van der Waals surface area contributed by atoms with Crippen LogP contribution >= 0.6 is 10.6 Å². The Labute approximate surface area is 175 Å². The third kappa shape index (κ3) is 3.87. The lowest BCUT2D eigenvalue weighted by Crippen LogP contribution is -2.26. The zero-order valence-corrected chi connectivity index (χ0v) is 17.4. The van der Waals surface area contributed by atoms with Crippen molar-refractivity contribution in [1.29, 1.82) is 0 Å². The normalized spacial score (nSPS) is 16.5. The fraction of sp³-hybridized carbons (Fsp3) is 0.238. The highest BCUT2D eigenvalue weighted by atomic mass is 32.3. The van der Waals surface area contributed by atoms with E-state index in [1.807, 2.05) is 36.1 Å². The van der Waals surface area contributed by atoms with Crippen molar-refractivity contribution < 1.29 is 23.7 Å². The maximum absolute atomic E-state index is 11.3. The molecule has 2 heterocycles. The topological polar surface area (TPSA) is 115 Å². The van der Waals surface area contributed by atoms with Gasteiger partial charge < -0.3 is 14.7 Å². The maximum Gasteiger partial charge on any atom is 0.409 e. The van der Waals surface area contributed by atoms with E-state index in [0.29, 0.717) is 46.1 Å². The van der Waals surface area contributed by atoms with Gasteiger partial charge in [-0.15, -0.1) is 0 Å². The van der Waals surface area contributed by atoms with Gasteiger partial charge in [-0.05, 0) is 30.7 Å². The third-order valence-electron chi connectivity index (χ3n) is 5.15. The molecule has 3 aromatic rings. The van der Waals surface area contributed by atoms with Crippen molar-refractivity contribution in [3.05, 3.63) is 53.6 Å². The van der Waals surface area contributed by atoms with Crippen LogP contribution in [0.4, 0.5) is 16.3 Å². The Morgan fingerprint density at radius 2 is 2.00 bits per heavy atom. The number of hydrogen-bond acceptors (Lipinski definition) is 6. The second kappa shape index (κ2) is 7.67. The zero-order chi connectivity index (χ0) is 21.5. The molecule has 0 atom stereocenters. The van der Waals surface area contributed by atoms with E-state index < -0.39 is 16.7 Å². The standard InChI is InChI=1S/C21H23N3O5S/c1-13-3-6-17-16(9-13)18(23-21(25)26)11-20(22-17)24-7-8-30(27,28)19-10-15(29-2)5-4-14(19)12-24/h3-6,9-11,27-28H,7-8,12H2,1-2H3,(H,22,23)(H,25,26). The monoisotopic (exact) mass is 429 g/mol. The van der Waals surface area contributed by atoms with Crippen molar-refractivity contribution in [1.82, 2.24) is 4.98 Å². The van der Waals surface area contributed by atoms with Crippen LogP contribution < -0.4 is 15.0 Å². The molecule has 1 aliphatic heterocycles. The Bertz CT molecular complexity index is 1140. The zero-order valence-electron chi connectivity index (χ0n) is 16.6. The predicted octanol–water partition coefficient (Wildman–Crippen LogP) is 4.77. The van der Waals surface area contributed by atoms with Gasteiger partial charge in [0.25, 0.3) is 0 Å². The largest absolute Gasteiger partial charge is 0.497 e. The van der Waals surface area contributed by atoms with E-state index in [0.717, 1.165) is 11.1 Å². The molecule has 0 radical (unpaired) electrons. The molecule has 2 aromatic carbocycles. The minimum absolute atomic E-state index is 0.141. The van der Waals surface area contributed by atoms with Gasteiger partial charge in [0.05, 0.1) is 29.0 Å². The molecule has 1 aromatic heterocycles. The molecule has 4 rings (SSSR count). The van der Waals surface area contributed by atoms with Crippen molar-refractivity contribution >= 4 is 39.1 Å². The Hall–Kier alpha value is -3.01. The minimum atomic E-state index is -2.99. The van der Waals surface area contributed by atoms with E-state index >= 15 is 0 Å². The summed E-state index contributed by atoms with van der Waals surface area (Å²) in [5.74, 6) is 1.27. The smallest absolute Gasteiger partial charge is 0.409 e. The van der Waals surface area contributed by atoms with Crippen molar-refractivity contribution in [2.24, 2.45) is 0 Å². The second-order valence-corrected chi connectivity index (χ2v) is 9.43. The number of methoxy groups -OCH3 is 1. The number of carboxylic acid groups (broad SMARTS) is 1. The summed E-state index contributed by atoms with van der Waals surface area (Å²) in [4.78, 5) is 18.5. The summed E-state index contributed by atoms with van der Waals surface area (Å²) in [5.41, 5.74) is 2.87. The van der Waals surface area contributed by atoms with Crippen LogP contribution in [0.25, 0.3) is 10.9 Å². The first-order chi connectivity index (χ1) is 14.3. The molecule has 0 unspecified atom stereocenters. The summed E-state index contributed by atoms with van der Waals surface area (Å²) >= 11 is 0. The highest BCUT2D eigenvalue weighted by molar-refractivity contribution is 8.24. The maximum atomic E-state index is 11.3. The van der Waals surface area contributed by atoms with E-state index in [2.05, 4.69) is 5.32 Å². The van der Waals surface area contributed by atoms with Gasteiger partial charge in [0, 0.05) is 30.6 Å². The number of pyridine rings is 1. The van der Waals surface area contributed by atoms with Gasteiger partial charge in [0.2, 0.25) is 0 Å². The number of benzene rings is 2. The average Bonchev–Trinajstić information content (AvgIpc) is 2.83. The lowest BCUT2D eigenvalue weighted by Gasteiger charge is -2.32. The predicted molar refractivity (Wildman–Crippen MR) is 118 cm³/mol. The number of rotatable bonds is 3. The number of aryl methyl sites for hydroxylation is 1. The van der Waals surface area contributed by atoms with Crippen LogP contribution in [0.1, 0.15) is 11.1 Å². The lowest BCUT2D eigenvalue weighted by atomic mass is 10.1. The highest BCUT2D eigenvalue weighted by Crippen LogP contribution is 2.52. The molecule has 1 amide bonds. The average molecular weight is 429 g/mol. The van der Waals surface area contributed by atoms with Crippen molar-refractivity contribution in [3.8, 4) is 5.75 Å². The van der Waals surface area contributed by atoms with Gasteiger partial charge in [0.15, 0.2) is 0 Å². The van der Waals surface area contributed by atoms with E-state index in [9.17, 15) is 19.0 Å². The molecule has 0 fully saturated rings. The number of fused-ring (bicyclic) bond motifs is 2. The van der Waals surface area contributed by atoms with Crippen LogP contribution in [0.3, 0.4) is 0 Å². The first kappa shape index (κ1) is 20.3. The molecule has 4 N–H and O–H groups in total. The number of carbonyl (C=O) groups is 1. The first-order valence-corrected chi connectivity index (χ1v) is 11.1. The van der Waals surface area contributed by atoms with Crippen molar-refractivity contribution in [3.63, 3.8) is 0 Å². The summed E-state index contributed by atoms with van der Waals surface area (Å²) < 4.78 is 26.7. The van der Waals surface area contributed by atoms with Crippen LogP contribution in [0, 0.1) is 6.92 Å². The quantitative estimate of drug-likeness (QED) is 0.474. The molecule has 1 aliphatic rings. The molecule has 0 saturated carbocycles. The van der Waals surface area contributed by atoms with Gasteiger partial charge >= 0.3 is 6.09 Å². The van der Waals surface area contributed by atoms with Gasteiger partial charge in [-0.25, -0.2) is 9.78 Å². The van der Waals surface area contributed by atoms with Gasteiger partial charge in [-0.1, -0.05) is 17.7 Å². The molecule has 0 aliphatic carbocycles. The molecule has 0 spiro atoms. The molecular weight excluding hydrogens is 406 g/mol. The molecule has 0 saturated heterocycles. The van der Waals surface area contributed by atoms with E-state index in [4.69, 9.17) is 9.72 Å². The summed E-state index contributed by atoms with van der Waals surface area (Å²) in [7, 11) is -1.45. The fourth-order valence-electron chi connectivity index (χ4n) is 3.63. The van der Waals surface area contributed by atoms with Gasteiger partial charge in [-0.2, -0.15) is 10.6 Å². The number of aromatic nitrogens is 1. The molecule has 9 heteroatoms. The molecule has 0 bridgehead atoms. The fourth-order valence-corrected chi connectivity index (χ4v) is 5.18. The number of amides is 1. The van der Waals surface area contributed by atoms with E-state index in [1.165, 1.54) is 7.11 Å². The molecular formula is C21H23N3O5S. The number of anilines is 2. The number of nitrogens with one attached hydrogen (secondary N) is 1. The Morgan fingerprint density at radius 3 is 2.73 bits per heavy atom. The summed E-state index contributed by atoms with van der Waals surface area (Å²) in [6.45, 7) is 2.70. The van der Waals surface area contributed by atoms with Crippen LogP contribution in [-0.4, -0.2) is 44.7 Å². The molecule has 30 heavy (non-hydrogen) atoms. The Kier molecular flexibility index (Phi) is 5.19. The first-order valence-electron chi connectivity index (χ1n) is 9.36. The van der Waals surface area contributed by atoms with Crippen molar-refractivity contribution in [2.75, 3.05) is 29.6 Å². The summed E-state index contributed by atoms with van der Waals surface area (Å²) in [5, 5.41) is 12.4. The third-order valence-corrected chi connectivity index (χ3v) is 6.99. The number of nitrogens with zero attached hydrogens (tertiary/aromatic N) is 2. The Balaban J connectivity index is 1.80. The SMILES string of the molecule is COc1ccc2c(c1)S(O)(O)CCN(c1cc(NC(=O)O)c3cc(C)ccc3n1)C2. The molecule has 158 valence electrons. The summed E-state index contributed by atoms with van der Waals surface area (Å²) in [6.07, 6.45) is -1.16. The van der Waals surface area contributed by atoms with Crippen molar-refractivity contribution in [2.45, 2.75) is 18.4 Å². The number of ether oxygens (including phenoxy) is 1. The van der Waals surface area contributed by atoms with E-state index in [-0.39, 0.29) is 5.75 Å². The van der Waals surface area contributed by atoms with Gasteiger partial charge in [0.1, 0.15) is 11.6 Å². The minimum Gasteiger partial charge on any atom is -0.497 e.